The van der Waals surface area contributed by atoms with Crippen molar-refractivity contribution < 1.29 is 4.74 Å². The molecular weight excluding hydrogens is 362 g/mol. The fourth-order valence-electron chi connectivity index (χ4n) is 3.01. The number of hydrogen-bond donors (Lipinski definition) is 2. The molecule has 1 fully saturated rings. The van der Waals surface area contributed by atoms with Crippen LogP contribution in [0.2, 0.25) is 5.02 Å². The molecule has 6 nitrogen and oxygen atoms in total. The summed E-state index contributed by atoms with van der Waals surface area (Å²) in [6.45, 7) is 3.25. The second-order valence-corrected chi connectivity index (χ2v) is 6.60. The fraction of sp³-hybridized carbons (Fsp3) is 0.200. The van der Waals surface area contributed by atoms with Crippen LogP contribution in [-0.2, 0) is 4.74 Å². The molecule has 0 unspecified atom stereocenters. The van der Waals surface area contributed by atoms with E-state index < -0.39 is 0 Å². The summed E-state index contributed by atoms with van der Waals surface area (Å²) in [6.07, 6.45) is 1.53. The highest BCUT2D eigenvalue weighted by atomic mass is 35.5. The van der Waals surface area contributed by atoms with Crippen LogP contribution in [0.1, 0.15) is 0 Å². The SMILES string of the molecule is Clc1cccc(Nc2cc(Nc3ccccc3N3CCOCC3)ncn2)c1. The highest BCUT2D eigenvalue weighted by Crippen LogP contribution is 2.29. The van der Waals surface area contributed by atoms with Gasteiger partial charge in [-0.3, -0.25) is 0 Å². The summed E-state index contributed by atoms with van der Waals surface area (Å²) in [5.74, 6) is 1.41. The van der Waals surface area contributed by atoms with Crippen molar-refractivity contribution in [3.63, 3.8) is 0 Å². The molecule has 4 rings (SSSR count). The maximum absolute atomic E-state index is 6.04. The van der Waals surface area contributed by atoms with Crippen molar-refractivity contribution in [1.29, 1.82) is 0 Å². The van der Waals surface area contributed by atoms with Crippen molar-refractivity contribution in [3.05, 3.63) is 65.9 Å². The molecular formula is C20H20ClN5O. The zero-order valence-electron chi connectivity index (χ0n) is 14.7. The average Bonchev–Trinajstić information content (AvgIpc) is 2.69. The first-order valence-corrected chi connectivity index (χ1v) is 9.19. The van der Waals surface area contributed by atoms with E-state index in [4.69, 9.17) is 16.3 Å². The van der Waals surface area contributed by atoms with Gasteiger partial charge in [0.1, 0.15) is 18.0 Å². The number of halogens is 1. The fourth-order valence-corrected chi connectivity index (χ4v) is 3.20. The molecule has 3 aromatic rings. The lowest BCUT2D eigenvalue weighted by molar-refractivity contribution is 0.123. The van der Waals surface area contributed by atoms with Crippen molar-refractivity contribution in [2.75, 3.05) is 41.8 Å². The van der Waals surface area contributed by atoms with E-state index in [2.05, 4.69) is 37.6 Å². The third-order valence-electron chi connectivity index (χ3n) is 4.28. The lowest BCUT2D eigenvalue weighted by Gasteiger charge is -2.30. The van der Waals surface area contributed by atoms with E-state index in [1.165, 1.54) is 6.33 Å². The first-order chi connectivity index (χ1) is 13.3. The molecule has 7 heteroatoms. The van der Waals surface area contributed by atoms with Crippen molar-refractivity contribution >= 4 is 40.3 Å². The molecule has 2 aromatic carbocycles. The molecule has 0 bridgehead atoms. The molecule has 1 aliphatic heterocycles. The van der Waals surface area contributed by atoms with E-state index in [1.54, 1.807) is 0 Å². The van der Waals surface area contributed by atoms with E-state index in [1.807, 2.05) is 42.5 Å². The molecule has 0 radical (unpaired) electrons. The zero-order chi connectivity index (χ0) is 18.5. The molecule has 1 saturated heterocycles. The summed E-state index contributed by atoms with van der Waals surface area (Å²) >= 11 is 6.04. The minimum absolute atomic E-state index is 0.673. The maximum Gasteiger partial charge on any atom is 0.135 e. The van der Waals surface area contributed by atoms with Crippen molar-refractivity contribution in [2.24, 2.45) is 0 Å². The first-order valence-electron chi connectivity index (χ1n) is 8.81. The van der Waals surface area contributed by atoms with Gasteiger partial charge in [0.05, 0.1) is 24.6 Å². The van der Waals surface area contributed by atoms with Gasteiger partial charge in [0.25, 0.3) is 0 Å². The van der Waals surface area contributed by atoms with Crippen LogP contribution in [0.15, 0.2) is 60.9 Å². The Bertz CT molecular complexity index is 914. The molecule has 138 valence electrons. The molecule has 2 N–H and O–H groups in total. The predicted molar refractivity (Wildman–Crippen MR) is 110 cm³/mol. The Morgan fingerprint density at radius 1 is 0.889 bits per heavy atom. The summed E-state index contributed by atoms with van der Waals surface area (Å²) in [6, 6.07) is 17.6. The van der Waals surface area contributed by atoms with E-state index in [9.17, 15) is 0 Å². The second kappa shape index (κ2) is 8.24. The molecule has 1 aromatic heterocycles. The number of anilines is 5. The lowest BCUT2D eigenvalue weighted by atomic mass is 10.2. The molecule has 1 aliphatic rings. The van der Waals surface area contributed by atoms with Gasteiger partial charge < -0.3 is 20.3 Å². The largest absolute Gasteiger partial charge is 0.378 e. The van der Waals surface area contributed by atoms with Crippen LogP contribution in [-0.4, -0.2) is 36.3 Å². The number of nitrogens with zero attached hydrogens (tertiary/aromatic N) is 3. The van der Waals surface area contributed by atoms with Crippen LogP contribution in [0.4, 0.5) is 28.7 Å². The number of benzene rings is 2. The Hall–Kier alpha value is -2.83. The van der Waals surface area contributed by atoms with Gasteiger partial charge in [-0.05, 0) is 30.3 Å². The average molecular weight is 382 g/mol. The van der Waals surface area contributed by atoms with E-state index in [0.717, 1.165) is 49.2 Å². The predicted octanol–water partition coefficient (Wildman–Crippen LogP) is 4.45. The maximum atomic E-state index is 6.04. The van der Waals surface area contributed by atoms with Crippen LogP contribution in [0, 0.1) is 0 Å². The Balaban J connectivity index is 1.53. The number of para-hydroxylation sites is 2. The van der Waals surface area contributed by atoms with Crippen LogP contribution in [0.3, 0.4) is 0 Å². The summed E-state index contributed by atoms with van der Waals surface area (Å²) in [7, 11) is 0. The summed E-state index contributed by atoms with van der Waals surface area (Å²) in [5.41, 5.74) is 3.02. The first kappa shape index (κ1) is 17.6. The lowest BCUT2D eigenvalue weighted by Crippen LogP contribution is -2.36. The normalized spacial score (nSPS) is 14.0. The van der Waals surface area contributed by atoms with E-state index in [-0.39, 0.29) is 0 Å². The second-order valence-electron chi connectivity index (χ2n) is 6.17. The van der Waals surface area contributed by atoms with Gasteiger partial charge in [-0.1, -0.05) is 29.8 Å². The minimum Gasteiger partial charge on any atom is -0.378 e. The van der Waals surface area contributed by atoms with Gasteiger partial charge >= 0.3 is 0 Å². The van der Waals surface area contributed by atoms with Gasteiger partial charge in [-0.25, -0.2) is 9.97 Å². The Labute approximate surface area is 163 Å². The topological polar surface area (TPSA) is 62.3 Å². The number of aromatic nitrogens is 2. The highest BCUT2D eigenvalue weighted by molar-refractivity contribution is 6.30. The summed E-state index contributed by atoms with van der Waals surface area (Å²) < 4.78 is 5.46. The number of morpholine rings is 1. The zero-order valence-corrected chi connectivity index (χ0v) is 15.5. The van der Waals surface area contributed by atoms with Crippen LogP contribution < -0.4 is 15.5 Å². The highest BCUT2D eigenvalue weighted by Gasteiger charge is 2.14. The minimum atomic E-state index is 0.673. The number of nitrogens with one attached hydrogen (secondary N) is 2. The van der Waals surface area contributed by atoms with Crippen molar-refractivity contribution in [3.8, 4) is 0 Å². The molecule has 0 amide bonds. The van der Waals surface area contributed by atoms with Crippen LogP contribution in [0.25, 0.3) is 0 Å². The third kappa shape index (κ3) is 4.48. The smallest absolute Gasteiger partial charge is 0.135 e. The van der Waals surface area contributed by atoms with Gasteiger partial charge in [-0.2, -0.15) is 0 Å². The van der Waals surface area contributed by atoms with Gasteiger partial charge in [0.15, 0.2) is 0 Å². The van der Waals surface area contributed by atoms with Gasteiger partial charge in [0.2, 0.25) is 0 Å². The standard InChI is InChI=1S/C20H20ClN5O/c21-15-4-3-5-16(12-15)24-19-13-20(23-14-22-19)25-17-6-1-2-7-18(17)26-8-10-27-11-9-26/h1-7,12-14H,8-11H2,(H2,22,23,24,25). The van der Waals surface area contributed by atoms with Crippen molar-refractivity contribution in [2.45, 2.75) is 0 Å². The number of hydrogen-bond acceptors (Lipinski definition) is 6. The van der Waals surface area contributed by atoms with Gasteiger partial charge in [0, 0.05) is 29.9 Å². The molecule has 2 heterocycles. The molecule has 0 spiro atoms. The third-order valence-corrected chi connectivity index (χ3v) is 4.52. The number of ether oxygens (including phenoxy) is 1. The quantitative estimate of drug-likeness (QED) is 0.680. The molecule has 0 atom stereocenters. The van der Waals surface area contributed by atoms with E-state index >= 15 is 0 Å². The Morgan fingerprint density at radius 3 is 2.48 bits per heavy atom. The molecule has 27 heavy (non-hydrogen) atoms. The van der Waals surface area contributed by atoms with E-state index in [0.29, 0.717) is 10.8 Å². The van der Waals surface area contributed by atoms with Crippen LogP contribution >= 0.6 is 11.6 Å². The molecule has 0 saturated carbocycles. The monoisotopic (exact) mass is 381 g/mol. The summed E-state index contributed by atoms with van der Waals surface area (Å²) in [4.78, 5) is 11.0. The van der Waals surface area contributed by atoms with Gasteiger partial charge in [-0.15, -0.1) is 0 Å². The number of rotatable bonds is 5. The van der Waals surface area contributed by atoms with Crippen molar-refractivity contribution in [1.82, 2.24) is 9.97 Å². The Morgan fingerprint density at radius 2 is 1.67 bits per heavy atom. The summed E-state index contributed by atoms with van der Waals surface area (Å²) in [5, 5.41) is 7.33. The Kier molecular flexibility index (Phi) is 5.37. The molecule has 0 aliphatic carbocycles. The van der Waals surface area contributed by atoms with Crippen LogP contribution in [0.5, 0.6) is 0 Å².